The molecule has 0 N–H and O–H groups in total. The smallest absolute Gasteiger partial charge is 0.0832 e. The Kier molecular flexibility index (Phi) is 357. The van der Waals surface area contributed by atoms with Crippen LogP contribution in [0, 0.1) is 0 Å². The molecule has 0 aliphatic heterocycles. The van der Waals surface area contributed by atoms with E-state index in [-0.39, 0.29) is 67.8 Å². The summed E-state index contributed by atoms with van der Waals surface area (Å²) >= 11 is 8.53. The van der Waals surface area contributed by atoms with Crippen molar-refractivity contribution in [2.24, 2.45) is 0 Å². The van der Waals surface area contributed by atoms with Crippen LogP contribution in [0.4, 0.5) is 0 Å². The number of halogens is 5. The van der Waals surface area contributed by atoms with Gasteiger partial charge in [-0.25, -0.2) is 0 Å². The summed E-state index contributed by atoms with van der Waals surface area (Å²) in [5.41, 5.74) is 0. The van der Waals surface area contributed by atoms with Crippen LogP contribution >= 0.6 is 74.4 Å². The van der Waals surface area contributed by atoms with Gasteiger partial charge in [0, 0.05) is 17.1 Å². The van der Waals surface area contributed by atoms with Crippen LogP contribution < -0.4 is 0 Å². The Morgan fingerprint density at radius 1 is 0.875 bits per heavy atom. The van der Waals surface area contributed by atoms with E-state index in [1.807, 2.05) is 0 Å². The van der Waals surface area contributed by atoms with Gasteiger partial charge in [-0.15, -0.1) is 37.2 Å². The van der Waals surface area contributed by atoms with Gasteiger partial charge in [0.1, 0.15) is 0 Å². The third-order valence-corrected chi connectivity index (χ3v) is 0. The molecule has 0 aromatic heterocycles. The molecule has 8 heavy (non-hydrogen) atoms. The molecule has 0 spiro atoms. The molecule has 0 aromatic carbocycles. The van der Waals surface area contributed by atoms with Crippen molar-refractivity contribution < 1.29 is 20.9 Å². The summed E-state index contributed by atoms with van der Waals surface area (Å²) in [5, 5.41) is 0. The molecule has 0 saturated heterocycles. The Morgan fingerprint density at radius 2 is 0.875 bits per heavy atom. The molecule has 0 saturated carbocycles. The first-order valence-corrected chi connectivity index (χ1v) is 0.926. The van der Waals surface area contributed by atoms with Crippen LogP contribution in [0.1, 0.15) is 0 Å². The van der Waals surface area contributed by atoms with Crippen LogP contribution in [-0.4, -0.2) is 0 Å². The van der Waals surface area contributed by atoms with Gasteiger partial charge in [0.25, 0.3) is 0 Å². The van der Waals surface area contributed by atoms with Gasteiger partial charge < -0.3 is 0 Å². The molecular weight excluding hydrogens is 281 g/mol. The largest absolute Gasteiger partial charge is 0.197 e. The van der Waals surface area contributed by atoms with E-state index in [9.17, 15) is 0 Å². The molecule has 0 heterocycles. The van der Waals surface area contributed by atoms with Gasteiger partial charge in [-0.2, -0.15) is 17.3 Å². The van der Waals surface area contributed by atoms with E-state index < -0.39 is 0 Å². The summed E-state index contributed by atoms with van der Waals surface area (Å²) in [5.74, 6) is 0. The Bertz CT molecular complexity index is 12.4. The molecule has 0 rings (SSSR count). The van der Waals surface area contributed by atoms with Crippen LogP contribution in [0.15, 0.2) is 0 Å². The minimum atomic E-state index is 0. The normalized spacial score (nSPS) is 2.25. The maximum Gasteiger partial charge on any atom is 0.0832 e. The van der Waals surface area contributed by atoms with E-state index in [2.05, 4.69) is 27.6 Å². The van der Waals surface area contributed by atoms with E-state index in [0.29, 0.717) is 0 Å². The molecular formula is H5Cl5FeOS. The molecule has 0 bridgehead atoms. The fourth-order valence-corrected chi connectivity index (χ4v) is 0. The Labute approximate surface area is 94.7 Å². The van der Waals surface area contributed by atoms with Gasteiger partial charge in [0.2, 0.25) is 0 Å². The predicted molar refractivity (Wildman–Crippen MR) is 44.9 cm³/mol. The minimum absolute atomic E-state index is 0. The number of hydrogen-bond acceptors (Lipinski definition) is 1. The summed E-state index contributed by atoms with van der Waals surface area (Å²) in [6, 6.07) is 0. The monoisotopic (exact) mass is 284 g/mol. The summed E-state index contributed by atoms with van der Waals surface area (Å²) in [4.78, 5) is 0. The molecule has 60 valence electrons. The average molecular weight is 286 g/mol. The topological polar surface area (TPSA) is 9.23 Å². The standard InChI is InChI=1S/Cl2O.3ClH.Fe.H2S/c1-3-2;;;;;/h;3*1H;;1H2. The molecule has 0 aliphatic carbocycles. The van der Waals surface area contributed by atoms with Gasteiger partial charge in [-0.05, 0) is 0 Å². The zero-order chi connectivity index (χ0) is 2.71. The van der Waals surface area contributed by atoms with Crippen molar-refractivity contribution in [3.8, 4) is 0 Å². The SMILES string of the molecule is Cl.Cl.Cl.ClOCl.S.[Fe]. The van der Waals surface area contributed by atoms with Crippen molar-refractivity contribution in [2.75, 3.05) is 0 Å². The molecule has 0 aromatic rings. The zero-order valence-corrected chi connectivity index (χ0v) is 9.31. The van der Waals surface area contributed by atoms with E-state index in [4.69, 9.17) is 0 Å². The molecule has 8 heteroatoms. The molecule has 0 aliphatic rings. The van der Waals surface area contributed by atoms with Crippen LogP contribution in [0.25, 0.3) is 0 Å². The molecule has 0 unspecified atom stereocenters. The molecule has 0 atom stereocenters. The average Bonchev–Trinajstić information content (AvgIpc) is 0.918. The summed E-state index contributed by atoms with van der Waals surface area (Å²) < 4.78 is 3.19. The van der Waals surface area contributed by atoms with Crippen LogP contribution in [-0.2, 0) is 20.9 Å². The second kappa shape index (κ2) is 59.1. The third-order valence-electron chi connectivity index (χ3n) is 0. The molecule has 0 radical (unpaired) electrons. The van der Waals surface area contributed by atoms with E-state index >= 15 is 0 Å². The first-order valence-electron chi connectivity index (χ1n) is 0.309. The van der Waals surface area contributed by atoms with Gasteiger partial charge in [-0.3, -0.25) is 0 Å². The van der Waals surface area contributed by atoms with Crippen molar-refractivity contribution >= 4 is 74.4 Å². The second-order valence-electron chi connectivity index (χ2n) is 0.0583. The van der Waals surface area contributed by atoms with Gasteiger partial charge in [-0.1, -0.05) is 0 Å². The van der Waals surface area contributed by atoms with Crippen LogP contribution in [0.3, 0.4) is 0 Å². The fraction of sp³-hybridized carbons (Fsp3) is 0. The molecule has 1 nitrogen and oxygen atoms in total. The maximum absolute atomic E-state index is 4.26. The summed E-state index contributed by atoms with van der Waals surface area (Å²) in [6.45, 7) is 0. The third kappa shape index (κ3) is 84.4. The minimum Gasteiger partial charge on any atom is -0.197 e. The molecule has 0 fully saturated rings. The van der Waals surface area contributed by atoms with Crippen LogP contribution in [0.2, 0.25) is 0 Å². The van der Waals surface area contributed by atoms with E-state index in [0.717, 1.165) is 0 Å². The van der Waals surface area contributed by atoms with Gasteiger partial charge >= 0.3 is 0 Å². The van der Waals surface area contributed by atoms with Gasteiger partial charge in [0.05, 0.1) is 23.7 Å². The first-order chi connectivity index (χ1) is 1.41. The number of rotatable bonds is 0. The van der Waals surface area contributed by atoms with E-state index in [1.165, 1.54) is 0 Å². The van der Waals surface area contributed by atoms with Crippen molar-refractivity contribution in [1.29, 1.82) is 0 Å². The zero-order valence-electron chi connectivity index (χ0n) is 3.24. The van der Waals surface area contributed by atoms with E-state index in [1.54, 1.807) is 0 Å². The number of hydrogen-bond donors (Lipinski definition) is 0. The summed E-state index contributed by atoms with van der Waals surface area (Å²) in [6.07, 6.45) is 0. The summed E-state index contributed by atoms with van der Waals surface area (Å²) in [7, 11) is 0. The fourth-order valence-electron chi connectivity index (χ4n) is 0. The Hall–Kier alpha value is 2.28. The van der Waals surface area contributed by atoms with Crippen LogP contribution in [0.5, 0.6) is 0 Å². The maximum atomic E-state index is 4.26. The molecule has 0 amide bonds. The quantitative estimate of drug-likeness (QED) is 0.622. The Morgan fingerprint density at radius 3 is 0.875 bits per heavy atom. The van der Waals surface area contributed by atoms with Crippen molar-refractivity contribution in [3.05, 3.63) is 0 Å². The predicted octanol–water partition coefficient (Wildman–Crippen LogP) is 2.69. The van der Waals surface area contributed by atoms with Gasteiger partial charge in [0.15, 0.2) is 0 Å². The van der Waals surface area contributed by atoms with Crippen molar-refractivity contribution in [3.63, 3.8) is 0 Å². The van der Waals surface area contributed by atoms with Crippen molar-refractivity contribution in [1.82, 2.24) is 0 Å². The van der Waals surface area contributed by atoms with Crippen molar-refractivity contribution in [2.45, 2.75) is 0 Å². The second-order valence-corrected chi connectivity index (χ2v) is 0.525. The first kappa shape index (κ1) is 48.3. The Balaban J connectivity index is -0.00000000200.